The molecule has 1 fully saturated rings. The van der Waals surface area contributed by atoms with Crippen LogP contribution in [0.3, 0.4) is 0 Å². The van der Waals surface area contributed by atoms with Gasteiger partial charge in [0.15, 0.2) is 0 Å². The maximum atomic E-state index is 12.0. The van der Waals surface area contributed by atoms with Crippen molar-refractivity contribution >= 4 is 11.9 Å². The van der Waals surface area contributed by atoms with Crippen LogP contribution in [0.25, 0.3) is 11.1 Å². The molecule has 0 aliphatic heterocycles. The summed E-state index contributed by atoms with van der Waals surface area (Å²) >= 11 is 0. The number of carbonyl (C=O) groups is 2. The van der Waals surface area contributed by atoms with E-state index in [1.54, 1.807) is 26.0 Å². The van der Waals surface area contributed by atoms with Gasteiger partial charge in [-0.2, -0.15) is 0 Å². The number of rotatable bonds is 7. The van der Waals surface area contributed by atoms with E-state index in [9.17, 15) is 9.59 Å². The Hall–Kier alpha value is -3.14. The Morgan fingerprint density at radius 2 is 1.22 bits per heavy atom. The summed E-state index contributed by atoms with van der Waals surface area (Å²) < 4.78 is 10.7. The molecule has 0 aromatic heterocycles. The third-order valence-corrected chi connectivity index (χ3v) is 6.04. The van der Waals surface area contributed by atoms with Gasteiger partial charge in [-0.15, -0.1) is 0 Å². The fourth-order valence-electron chi connectivity index (χ4n) is 3.93. The first kappa shape index (κ1) is 23.5. The monoisotopic (exact) mass is 432 g/mol. The normalized spacial score (nSPS) is 18.1. The number of benzene rings is 2. The van der Waals surface area contributed by atoms with E-state index in [1.807, 2.05) is 12.1 Å². The number of hydrogen-bond donors (Lipinski definition) is 0. The van der Waals surface area contributed by atoms with E-state index in [2.05, 4.69) is 44.3 Å². The van der Waals surface area contributed by atoms with Crippen LogP contribution < -0.4 is 0 Å². The fraction of sp³-hybridized carbons (Fsp3) is 0.357. The first-order chi connectivity index (χ1) is 15.2. The molecule has 1 aliphatic rings. The maximum absolute atomic E-state index is 12.0. The number of ether oxygens (including phenoxy) is 2. The molecule has 32 heavy (non-hydrogen) atoms. The summed E-state index contributed by atoms with van der Waals surface area (Å²) in [5.74, 6) is 0.258. The van der Waals surface area contributed by atoms with Crippen LogP contribution >= 0.6 is 0 Å². The first-order valence-electron chi connectivity index (χ1n) is 11.2. The summed E-state index contributed by atoms with van der Waals surface area (Å²) in [6.45, 7) is 12.6. The molecule has 168 valence electrons. The smallest absolute Gasteiger partial charge is 0.336 e. The van der Waals surface area contributed by atoms with Crippen LogP contribution in [0.15, 0.2) is 72.8 Å². The predicted octanol–water partition coefficient (Wildman–Crippen LogP) is 6.88. The summed E-state index contributed by atoms with van der Waals surface area (Å²) in [6.07, 6.45) is 3.99. The third kappa shape index (κ3) is 5.97. The molecule has 0 amide bonds. The zero-order chi connectivity index (χ0) is 23.3. The van der Waals surface area contributed by atoms with E-state index in [0.717, 1.165) is 17.0 Å². The summed E-state index contributed by atoms with van der Waals surface area (Å²) in [7, 11) is 0. The van der Waals surface area contributed by atoms with Gasteiger partial charge in [0, 0.05) is 16.7 Å². The number of carbonyl (C=O) groups excluding carboxylic acids is 2. The summed E-state index contributed by atoms with van der Waals surface area (Å²) in [4.78, 5) is 24.0. The van der Waals surface area contributed by atoms with Crippen molar-refractivity contribution < 1.29 is 19.1 Å². The van der Waals surface area contributed by atoms with Crippen molar-refractivity contribution in [2.45, 2.75) is 58.7 Å². The fourth-order valence-corrected chi connectivity index (χ4v) is 3.93. The largest absolute Gasteiger partial charge is 0.417 e. The van der Waals surface area contributed by atoms with Crippen LogP contribution in [0.1, 0.15) is 69.8 Å². The molecule has 0 unspecified atom stereocenters. The van der Waals surface area contributed by atoms with Crippen LogP contribution in [0.2, 0.25) is 0 Å². The highest BCUT2D eigenvalue weighted by Crippen LogP contribution is 2.36. The Kier molecular flexibility index (Phi) is 7.68. The van der Waals surface area contributed by atoms with Crippen molar-refractivity contribution in [1.29, 1.82) is 0 Å². The Bertz CT molecular complexity index is 949. The first-order valence-corrected chi connectivity index (χ1v) is 11.2. The lowest BCUT2D eigenvalue weighted by molar-refractivity contribution is -0.184. The van der Waals surface area contributed by atoms with Gasteiger partial charge in [0.05, 0.1) is 0 Å². The average molecular weight is 433 g/mol. The van der Waals surface area contributed by atoms with Crippen LogP contribution in [0, 0.1) is 5.92 Å². The van der Waals surface area contributed by atoms with Crippen LogP contribution in [-0.2, 0) is 19.1 Å². The van der Waals surface area contributed by atoms with Crippen molar-refractivity contribution in [1.82, 2.24) is 0 Å². The molecule has 0 bridgehead atoms. The highest BCUT2D eigenvalue weighted by atomic mass is 16.7. The molecule has 3 rings (SSSR count). The zero-order valence-electron chi connectivity index (χ0n) is 19.2. The maximum Gasteiger partial charge on any atom is 0.336 e. The molecule has 4 heteroatoms. The molecule has 1 aliphatic carbocycles. The standard InChI is InChI=1S/C28H32O4/c1-18(2)26(29)31-28(32-27(30)19(3)4)25-16-14-24(15-17-25)23-12-10-22(11-13-23)21-8-6-20(5)7-9-21/h10-17,20-21,28H,1,3,6-9H2,2,4-5H3. The molecule has 4 nitrogen and oxygen atoms in total. The minimum Gasteiger partial charge on any atom is -0.417 e. The molecular formula is C28H32O4. The quantitative estimate of drug-likeness (QED) is 0.272. The molecule has 0 radical (unpaired) electrons. The van der Waals surface area contributed by atoms with Crippen LogP contribution in [-0.4, -0.2) is 11.9 Å². The molecule has 0 spiro atoms. The number of hydrogen-bond acceptors (Lipinski definition) is 4. The van der Waals surface area contributed by atoms with Crippen molar-refractivity contribution in [3.63, 3.8) is 0 Å². The Morgan fingerprint density at radius 3 is 1.66 bits per heavy atom. The van der Waals surface area contributed by atoms with E-state index in [-0.39, 0.29) is 11.1 Å². The molecular weight excluding hydrogens is 400 g/mol. The van der Waals surface area contributed by atoms with Crippen molar-refractivity contribution in [3.05, 3.63) is 84.0 Å². The predicted molar refractivity (Wildman–Crippen MR) is 127 cm³/mol. The van der Waals surface area contributed by atoms with E-state index < -0.39 is 18.2 Å². The van der Waals surface area contributed by atoms with Gasteiger partial charge in [-0.1, -0.05) is 81.5 Å². The van der Waals surface area contributed by atoms with Gasteiger partial charge in [0.2, 0.25) is 0 Å². The molecule has 2 aromatic carbocycles. The van der Waals surface area contributed by atoms with Crippen LogP contribution in [0.5, 0.6) is 0 Å². The molecule has 1 saturated carbocycles. The second-order valence-corrected chi connectivity index (χ2v) is 8.90. The van der Waals surface area contributed by atoms with Crippen LogP contribution in [0.4, 0.5) is 0 Å². The lowest BCUT2D eigenvalue weighted by atomic mass is 9.79. The minimum absolute atomic E-state index is 0.227. The van der Waals surface area contributed by atoms with Gasteiger partial charge >= 0.3 is 11.9 Å². The molecule has 0 heterocycles. The van der Waals surface area contributed by atoms with Crippen molar-refractivity contribution in [2.24, 2.45) is 5.92 Å². The van der Waals surface area contributed by atoms with Gasteiger partial charge < -0.3 is 9.47 Å². The van der Waals surface area contributed by atoms with Crippen molar-refractivity contribution in [2.75, 3.05) is 0 Å². The van der Waals surface area contributed by atoms with E-state index in [1.165, 1.54) is 31.2 Å². The zero-order valence-corrected chi connectivity index (χ0v) is 19.2. The van der Waals surface area contributed by atoms with Gasteiger partial charge in [-0.3, -0.25) is 0 Å². The van der Waals surface area contributed by atoms with Gasteiger partial charge in [-0.25, -0.2) is 9.59 Å². The van der Waals surface area contributed by atoms with Gasteiger partial charge in [-0.05, 0) is 55.2 Å². The van der Waals surface area contributed by atoms with E-state index in [0.29, 0.717) is 11.5 Å². The highest BCUT2D eigenvalue weighted by molar-refractivity contribution is 5.88. The third-order valence-electron chi connectivity index (χ3n) is 6.04. The minimum atomic E-state index is -1.16. The summed E-state index contributed by atoms with van der Waals surface area (Å²) in [5.41, 5.74) is 4.57. The second kappa shape index (κ2) is 10.4. The summed E-state index contributed by atoms with van der Waals surface area (Å²) in [6, 6.07) is 16.2. The lowest BCUT2D eigenvalue weighted by Gasteiger charge is -2.26. The van der Waals surface area contributed by atoms with Gasteiger partial charge in [0.25, 0.3) is 6.29 Å². The van der Waals surface area contributed by atoms with Gasteiger partial charge in [0.1, 0.15) is 0 Å². The highest BCUT2D eigenvalue weighted by Gasteiger charge is 2.22. The second-order valence-electron chi connectivity index (χ2n) is 8.90. The lowest BCUT2D eigenvalue weighted by Crippen LogP contribution is -2.18. The Balaban J connectivity index is 1.75. The number of esters is 2. The average Bonchev–Trinajstić information content (AvgIpc) is 2.79. The van der Waals surface area contributed by atoms with E-state index in [4.69, 9.17) is 9.47 Å². The van der Waals surface area contributed by atoms with Crippen molar-refractivity contribution in [3.8, 4) is 11.1 Å². The molecule has 0 atom stereocenters. The Morgan fingerprint density at radius 1 is 0.781 bits per heavy atom. The molecule has 0 N–H and O–H groups in total. The summed E-state index contributed by atoms with van der Waals surface area (Å²) in [5, 5.41) is 0. The SMILES string of the molecule is C=C(C)C(=O)OC(OC(=O)C(=C)C)c1ccc(-c2ccc(C3CCC(C)CC3)cc2)cc1. The topological polar surface area (TPSA) is 52.6 Å². The molecule has 0 saturated heterocycles. The molecule has 2 aromatic rings. The van der Waals surface area contributed by atoms with E-state index >= 15 is 0 Å². The Labute approximate surface area is 190 Å².